The van der Waals surface area contributed by atoms with E-state index in [1.54, 1.807) is 6.20 Å². The highest BCUT2D eigenvalue weighted by molar-refractivity contribution is 5.89. The van der Waals surface area contributed by atoms with Crippen LogP contribution in [0.5, 0.6) is 0 Å². The largest absolute Gasteiger partial charge is 0.355 e. The van der Waals surface area contributed by atoms with Crippen molar-refractivity contribution in [3.05, 3.63) is 78.1 Å². The van der Waals surface area contributed by atoms with Crippen molar-refractivity contribution >= 4 is 16.7 Å². The topological polar surface area (TPSA) is 42.0 Å². The number of amides is 1. The maximum atomic E-state index is 12.4. The first-order chi connectivity index (χ1) is 11.8. The molecule has 0 unspecified atom stereocenters. The van der Waals surface area contributed by atoms with E-state index in [9.17, 15) is 4.79 Å². The lowest BCUT2D eigenvalue weighted by molar-refractivity contribution is -0.122. The number of benzene rings is 2. The first-order valence-corrected chi connectivity index (χ1v) is 8.48. The van der Waals surface area contributed by atoms with Gasteiger partial charge in [-0.3, -0.25) is 9.78 Å². The number of rotatable bonds is 5. The lowest BCUT2D eigenvalue weighted by Crippen LogP contribution is -2.27. The Labute approximate surface area is 141 Å². The summed E-state index contributed by atoms with van der Waals surface area (Å²) in [6.07, 6.45) is 3.51. The van der Waals surface area contributed by atoms with E-state index >= 15 is 0 Å². The van der Waals surface area contributed by atoms with Gasteiger partial charge in [-0.1, -0.05) is 48.5 Å². The molecule has 1 aromatic heterocycles. The zero-order valence-corrected chi connectivity index (χ0v) is 13.5. The quantitative estimate of drug-likeness (QED) is 0.780. The Morgan fingerprint density at radius 1 is 1.04 bits per heavy atom. The highest BCUT2D eigenvalue weighted by atomic mass is 16.2. The third-order valence-electron chi connectivity index (χ3n) is 4.76. The summed E-state index contributed by atoms with van der Waals surface area (Å²) in [7, 11) is 0. The third kappa shape index (κ3) is 3.02. The molecule has 3 aromatic rings. The Bertz CT molecular complexity index is 855. The summed E-state index contributed by atoms with van der Waals surface area (Å²) in [4.78, 5) is 16.7. The van der Waals surface area contributed by atoms with Gasteiger partial charge in [0.05, 0.1) is 0 Å². The van der Waals surface area contributed by atoms with E-state index in [4.69, 9.17) is 0 Å². The van der Waals surface area contributed by atoms with Gasteiger partial charge in [0.2, 0.25) is 5.91 Å². The molecule has 1 amide bonds. The van der Waals surface area contributed by atoms with Crippen molar-refractivity contribution in [2.45, 2.75) is 18.8 Å². The van der Waals surface area contributed by atoms with Crippen LogP contribution in [-0.2, 0) is 11.2 Å². The number of pyridine rings is 1. The fraction of sp³-hybridized carbons (Fsp3) is 0.238. The van der Waals surface area contributed by atoms with Crippen LogP contribution >= 0.6 is 0 Å². The summed E-state index contributed by atoms with van der Waals surface area (Å²) in [5, 5.41) is 5.58. The van der Waals surface area contributed by atoms with E-state index in [1.807, 2.05) is 18.2 Å². The summed E-state index contributed by atoms with van der Waals surface area (Å²) in [6, 6.07) is 20.6. The van der Waals surface area contributed by atoms with Gasteiger partial charge < -0.3 is 5.32 Å². The zero-order chi connectivity index (χ0) is 16.4. The van der Waals surface area contributed by atoms with Crippen molar-refractivity contribution in [1.29, 1.82) is 0 Å². The van der Waals surface area contributed by atoms with Gasteiger partial charge in [-0.05, 0) is 40.8 Å². The van der Waals surface area contributed by atoms with Crippen molar-refractivity contribution in [3.8, 4) is 0 Å². The maximum absolute atomic E-state index is 12.4. The van der Waals surface area contributed by atoms with Crippen LogP contribution in [0.3, 0.4) is 0 Å². The smallest absolute Gasteiger partial charge is 0.223 e. The molecule has 2 aromatic carbocycles. The molecule has 0 saturated heterocycles. The second-order valence-corrected chi connectivity index (χ2v) is 6.38. The molecule has 2 atom stereocenters. The number of nitrogens with one attached hydrogen (secondary N) is 1. The van der Waals surface area contributed by atoms with Crippen LogP contribution < -0.4 is 5.32 Å². The molecule has 1 N–H and O–H groups in total. The van der Waals surface area contributed by atoms with E-state index in [0.29, 0.717) is 12.5 Å². The Kier molecular flexibility index (Phi) is 3.99. The van der Waals surface area contributed by atoms with E-state index in [2.05, 4.69) is 52.8 Å². The lowest BCUT2D eigenvalue weighted by Gasteiger charge is -2.07. The van der Waals surface area contributed by atoms with Crippen molar-refractivity contribution in [2.24, 2.45) is 5.92 Å². The number of nitrogens with zero attached hydrogens (tertiary/aromatic N) is 1. The predicted octanol–water partition coefficient (Wildman–Crippen LogP) is 3.70. The molecule has 0 radical (unpaired) electrons. The van der Waals surface area contributed by atoms with Gasteiger partial charge in [-0.2, -0.15) is 0 Å². The molecule has 1 aliphatic carbocycles. The Balaban J connectivity index is 1.38. The third-order valence-corrected chi connectivity index (χ3v) is 4.76. The monoisotopic (exact) mass is 316 g/mol. The summed E-state index contributed by atoms with van der Waals surface area (Å²) >= 11 is 0. The molecule has 0 spiro atoms. The molecule has 1 saturated carbocycles. The van der Waals surface area contributed by atoms with Gasteiger partial charge in [0.1, 0.15) is 0 Å². The Morgan fingerprint density at radius 3 is 2.75 bits per heavy atom. The fourth-order valence-electron chi connectivity index (χ4n) is 3.39. The summed E-state index contributed by atoms with van der Waals surface area (Å²) < 4.78 is 0. The van der Waals surface area contributed by atoms with Crippen molar-refractivity contribution in [3.63, 3.8) is 0 Å². The van der Waals surface area contributed by atoms with Gasteiger partial charge in [0.15, 0.2) is 0 Å². The van der Waals surface area contributed by atoms with E-state index in [1.165, 1.54) is 16.3 Å². The number of carbonyl (C=O) groups is 1. The minimum absolute atomic E-state index is 0.111. The van der Waals surface area contributed by atoms with Crippen LogP contribution in [0.4, 0.5) is 0 Å². The van der Waals surface area contributed by atoms with Crippen LogP contribution in [0.15, 0.2) is 66.9 Å². The van der Waals surface area contributed by atoms with E-state index in [0.717, 1.165) is 18.5 Å². The number of hydrogen-bond acceptors (Lipinski definition) is 2. The lowest BCUT2D eigenvalue weighted by atomic mass is 10.00. The molecule has 4 rings (SSSR count). The molecular weight excluding hydrogens is 296 g/mol. The van der Waals surface area contributed by atoms with Crippen LogP contribution in [0.2, 0.25) is 0 Å². The molecular formula is C21H20N2O. The number of hydrogen-bond donors (Lipinski definition) is 1. The first kappa shape index (κ1) is 14.9. The van der Waals surface area contributed by atoms with Crippen LogP contribution in [-0.4, -0.2) is 17.4 Å². The summed E-state index contributed by atoms with van der Waals surface area (Å²) in [5.41, 5.74) is 2.32. The van der Waals surface area contributed by atoms with Crippen LogP contribution in [0.25, 0.3) is 10.8 Å². The van der Waals surface area contributed by atoms with Gasteiger partial charge in [-0.25, -0.2) is 0 Å². The molecule has 0 aliphatic heterocycles. The SMILES string of the molecule is O=C(NCCc1ccccn1)[C@@H]1C[C@@H]1c1cccc2ccccc12. The molecule has 0 bridgehead atoms. The fourth-order valence-corrected chi connectivity index (χ4v) is 3.39. The van der Waals surface area contributed by atoms with Crippen molar-refractivity contribution < 1.29 is 4.79 Å². The highest BCUT2D eigenvalue weighted by Crippen LogP contribution is 2.49. The van der Waals surface area contributed by atoms with Gasteiger partial charge >= 0.3 is 0 Å². The predicted molar refractivity (Wildman–Crippen MR) is 95.7 cm³/mol. The molecule has 3 nitrogen and oxygen atoms in total. The van der Waals surface area contributed by atoms with Crippen molar-refractivity contribution in [2.75, 3.05) is 6.54 Å². The van der Waals surface area contributed by atoms with E-state index in [-0.39, 0.29) is 11.8 Å². The molecule has 3 heteroatoms. The van der Waals surface area contributed by atoms with Crippen LogP contribution in [0.1, 0.15) is 23.6 Å². The Hall–Kier alpha value is -2.68. The second kappa shape index (κ2) is 6.44. The maximum Gasteiger partial charge on any atom is 0.223 e. The zero-order valence-electron chi connectivity index (χ0n) is 13.5. The minimum Gasteiger partial charge on any atom is -0.355 e. The normalized spacial score (nSPS) is 19.2. The average molecular weight is 316 g/mol. The molecule has 120 valence electrons. The second-order valence-electron chi connectivity index (χ2n) is 6.38. The number of fused-ring (bicyclic) bond motifs is 1. The number of carbonyl (C=O) groups excluding carboxylic acids is 1. The highest BCUT2D eigenvalue weighted by Gasteiger charge is 2.44. The standard InChI is InChI=1S/C21H20N2O/c24-21(23-13-11-16-8-3-4-12-22-16)20-14-19(20)18-10-5-7-15-6-1-2-9-17(15)18/h1-10,12,19-20H,11,13-14H2,(H,23,24)/t19-,20-/m1/s1. The van der Waals surface area contributed by atoms with Gasteiger partial charge in [0, 0.05) is 30.8 Å². The van der Waals surface area contributed by atoms with E-state index < -0.39 is 0 Å². The molecule has 1 aliphatic rings. The number of aromatic nitrogens is 1. The molecule has 1 heterocycles. The minimum atomic E-state index is 0.111. The van der Waals surface area contributed by atoms with Crippen molar-refractivity contribution in [1.82, 2.24) is 10.3 Å². The average Bonchev–Trinajstić information content (AvgIpc) is 3.43. The molecule has 1 fully saturated rings. The first-order valence-electron chi connectivity index (χ1n) is 8.48. The summed E-state index contributed by atoms with van der Waals surface area (Å²) in [5.74, 6) is 0.634. The van der Waals surface area contributed by atoms with Gasteiger partial charge in [-0.15, -0.1) is 0 Å². The van der Waals surface area contributed by atoms with Crippen LogP contribution in [0, 0.1) is 5.92 Å². The Morgan fingerprint density at radius 2 is 1.88 bits per heavy atom. The summed E-state index contributed by atoms with van der Waals surface area (Å²) in [6.45, 7) is 0.647. The van der Waals surface area contributed by atoms with Gasteiger partial charge in [0.25, 0.3) is 0 Å². The molecule has 24 heavy (non-hydrogen) atoms.